The standard InChI is InChI=1S/C24H45N5O2/c1-7-11-29-18-21(25-24(31)28(8-2)13-10-9-12-26(3)4)14-19-16-23(30)20(15-22(19)29)17-27(5)6/h17,19,21-22H,7-16,18H2,1-6H3,(H,25,31)/t19-,21+,22-/m1/s1. The highest BCUT2D eigenvalue weighted by atomic mass is 16.2. The van der Waals surface area contributed by atoms with Gasteiger partial charge in [-0.15, -0.1) is 0 Å². The Morgan fingerprint density at radius 1 is 1.13 bits per heavy atom. The van der Waals surface area contributed by atoms with Crippen LogP contribution in [0.3, 0.4) is 0 Å². The Bertz CT molecular complexity index is 619. The number of hydrogen-bond acceptors (Lipinski definition) is 5. The van der Waals surface area contributed by atoms with Crippen LogP contribution in [0.4, 0.5) is 4.79 Å². The van der Waals surface area contributed by atoms with Gasteiger partial charge in [-0.3, -0.25) is 9.69 Å². The summed E-state index contributed by atoms with van der Waals surface area (Å²) in [6, 6.07) is 0.566. The van der Waals surface area contributed by atoms with E-state index in [1.165, 1.54) is 0 Å². The fourth-order valence-corrected chi connectivity index (χ4v) is 5.02. The maximum absolute atomic E-state index is 12.9. The number of nitrogens with one attached hydrogen (secondary N) is 1. The van der Waals surface area contributed by atoms with Crippen LogP contribution in [-0.4, -0.2) is 104 Å². The fraction of sp³-hybridized carbons (Fsp3) is 0.833. The third-order valence-corrected chi connectivity index (χ3v) is 6.49. The van der Waals surface area contributed by atoms with Crippen LogP contribution in [0.2, 0.25) is 0 Å². The number of unbranched alkanes of at least 4 members (excludes halogenated alkanes) is 1. The van der Waals surface area contributed by atoms with Crippen LogP contribution in [0.25, 0.3) is 0 Å². The number of hydrogen-bond donors (Lipinski definition) is 1. The Hall–Kier alpha value is -1.60. The van der Waals surface area contributed by atoms with Gasteiger partial charge in [-0.25, -0.2) is 4.79 Å². The van der Waals surface area contributed by atoms with Gasteiger partial charge in [0, 0.05) is 64.0 Å². The third kappa shape index (κ3) is 7.79. The van der Waals surface area contributed by atoms with Gasteiger partial charge >= 0.3 is 6.03 Å². The lowest BCUT2D eigenvalue weighted by atomic mass is 9.74. The summed E-state index contributed by atoms with van der Waals surface area (Å²) in [5.41, 5.74) is 0.949. The molecule has 1 aliphatic heterocycles. The lowest BCUT2D eigenvalue weighted by molar-refractivity contribution is -0.119. The average molecular weight is 436 g/mol. The Morgan fingerprint density at radius 2 is 1.84 bits per heavy atom. The first-order chi connectivity index (χ1) is 14.7. The van der Waals surface area contributed by atoms with Crippen molar-refractivity contribution in [3.8, 4) is 0 Å². The van der Waals surface area contributed by atoms with E-state index in [0.717, 1.165) is 70.4 Å². The maximum Gasteiger partial charge on any atom is 0.317 e. The van der Waals surface area contributed by atoms with Crippen molar-refractivity contribution in [2.24, 2.45) is 5.92 Å². The quantitative estimate of drug-likeness (QED) is 0.422. The zero-order valence-electron chi connectivity index (χ0n) is 20.7. The number of likely N-dealkylation sites (tertiary alicyclic amines) is 1. The summed E-state index contributed by atoms with van der Waals surface area (Å²) in [5, 5.41) is 3.30. The summed E-state index contributed by atoms with van der Waals surface area (Å²) in [6.07, 6.45) is 7.51. The van der Waals surface area contributed by atoms with Crippen molar-refractivity contribution in [1.82, 2.24) is 24.9 Å². The van der Waals surface area contributed by atoms with E-state index in [4.69, 9.17) is 0 Å². The summed E-state index contributed by atoms with van der Waals surface area (Å²) in [6.45, 7) is 8.71. The second-order valence-electron chi connectivity index (χ2n) is 9.74. The van der Waals surface area contributed by atoms with Crippen LogP contribution in [0, 0.1) is 5.92 Å². The molecule has 7 nitrogen and oxygen atoms in total. The summed E-state index contributed by atoms with van der Waals surface area (Å²) in [7, 11) is 8.11. The number of nitrogens with zero attached hydrogens (tertiary/aromatic N) is 4. The van der Waals surface area contributed by atoms with Gasteiger partial charge in [-0.1, -0.05) is 6.92 Å². The second-order valence-corrected chi connectivity index (χ2v) is 9.74. The van der Waals surface area contributed by atoms with E-state index in [-0.39, 0.29) is 17.9 Å². The molecular formula is C24H45N5O2. The molecule has 7 heteroatoms. The Morgan fingerprint density at radius 3 is 2.45 bits per heavy atom. The predicted molar refractivity (Wildman–Crippen MR) is 127 cm³/mol. The molecule has 1 saturated carbocycles. The van der Waals surface area contributed by atoms with Gasteiger partial charge in [0.1, 0.15) is 0 Å². The van der Waals surface area contributed by atoms with Crippen molar-refractivity contribution in [3.63, 3.8) is 0 Å². The zero-order valence-corrected chi connectivity index (χ0v) is 20.7. The summed E-state index contributed by atoms with van der Waals surface area (Å²) >= 11 is 0. The number of urea groups is 1. The van der Waals surface area contributed by atoms with Gasteiger partial charge in [0.2, 0.25) is 0 Å². The number of ketones is 1. The van der Waals surface area contributed by atoms with E-state index in [0.29, 0.717) is 18.4 Å². The molecule has 0 aromatic heterocycles. The largest absolute Gasteiger partial charge is 0.383 e. The van der Waals surface area contributed by atoms with Crippen LogP contribution >= 0.6 is 0 Å². The van der Waals surface area contributed by atoms with E-state index < -0.39 is 0 Å². The molecule has 0 radical (unpaired) electrons. The Balaban J connectivity index is 1.98. The highest BCUT2D eigenvalue weighted by molar-refractivity contribution is 5.96. The first-order valence-corrected chi connectivity index (χ1v) is 12.1. The Labute approximate surface area is 189 Å². The molecule has 31 heavy (non-hydrogen) atoms. The number of piperidine rings is 1. The van der Waals surface area contributed by atoms with Crippen LogP contribution in [0.1, 0.15) is 52.4 Å². The zero-order chi connectivity index (χ0) is 23.0. The monoisotopic (exact) mass is 435 g/mol. The number of fused-ring (bicyclic) bond motifs is 1. The molecule has 0 aromatic rings. The molecule has 178 valence electrons. The number of amides is 2. The molecule has 1 N–H and O–H groups in total. The SMILES string of the molecule is CCCN1C[C@@H](NC(=O)N(CC)CCCCN(C)C)C[C@@H]2CC(=O)C(=CN(C)C)C[C@H]21. The number of Topliss-reactive ketones (excluding diaryl/α,β-unsaturated/α-hetero) is 1. The second kappa shape index (κ2) is 12.4. The molecule has 1 aliphatic carbocycles. The number of carbonyl (C=O) groups excluding carboxylic acids is 2. The number of rotatable bonds is 10. The predicted octanol–water partition coefficient (Wildman–Crippen LogP) is 2.64. The minimum atomic E-state index is 0.0441. The minimum absolute atomic E-state index is 0.0441. The van der Waals surface area contributed by atoms with E-state index in [2.05, 4.69) is 36.1 Å². The summed E-state index contributed by atoms with van der Waals surface area (Å²) in [5.74, 6) is 0.599. The van der Waals surface area contributed by atoms with Crippen molar-refractivity contribution < 1.29 is 9.59 Å². The van der Waals surface area contributed by atoms with E-state index >= 15 is 0 Å². The lowest BCUT2D eigenvalue weighted by Crippen LogP contribution is -2.59. The van der Waals surface area contributed by atoms with Crippen molar-refractivity contribution in [2.75, 3.05) is 60.9 Å². The molecule has 2 fully saturated rings. The minimum Gasteiger partial charge on any atom is -0.383 e. The molecule has 2 aliphatic rings. The van der Waals surface area contributed by atoms with Crippen LogP contribution in [0.5, 0.6) is 0 Å². The molecule has 2 amide bonds. The lowest BCUT2D eigenvalue weighted by Gasteiger charge is -2.47. The highest BCUT2D eigenvalue weighted by Gasteiger charge is 2.41. The first-order valence-electron chi connectivity index (χ1n) is 12.1. The third-order valence-electron chi connectivity index (χ3n) is 6.49. The molecule has 0 unspecified atom stereocenters. The number of carbonyl (C=O) groups is 2. The molecular weight excluding hydrogens is 390 g/mol. The van der Waals surface area contributed by atoms with E-state index in [9.17, 15) is 9.59 Å². The smallest absolute Gasteiger partial charge is 0.317 e. The molecule has 0 aromatic carbocycles. The molecule has 3 atom stereocenters. The van der Waals surface area contributed by atoms with Gasteiger partial charge in [0.05, 0.1) is 0 Å². The normalized spacial score (nSPS) is 25.6. The van der Waals surface area contributed by atoms with E-state index in [1.54, 1.807) is 0 Å². The first kappa shape index (κ1) is 25.7. The van der Waals surface area contributed by atoms with Crippen LogP contribution in [-0.2, 0) is 4.79 Å². The highest BCUT2D eigenvalue weighted by Crippen LogP contribution is 2.36. The van der Waals surface area contributed by atoms with Gasteiger partial charge in [0.15, 0.2) is 5.78 Å². The maximum atomic E-state index is 12.9. The van der Waals surface area contributed by atoms with Crippen molar-refractivity contribution >= 4 is 11.8 Å². The van der Waals surface area contributed by atoms with Gasteiger partial charge in [0.25, 0.3) is 0 Å². The molecule has 1 heterocycles. The van der Waals surface area contributed by atoms with Crippen molar-refractivity contribution in [1.29, 1.82) is 0 Å². The molecule has 2 rings (SSSR count). The van der Waals surface area contributed by atoms with Gasteiger partial charge < -0.3 is 20.0 Å². The topological polar surface area (TPSA) is 59.1 Å². The molecule has 0 bridgehead atoms. The van der Waals surface area contributed by atoms with Gasteiger partial charge in [-0.2, -0.15) is 0 Å². The average Bonchev–Trinajstić information content (AvgIpc) is 2.68. The van der Waals surface area contributed by atoms with Crippen LogP contribution < -0.4 is 5.32 Å². The van der Waals surface area contributed by atoms with Crippen molar-refractivity contribution in [2.45, 2.75) is 64.5 Å². The summed E-state index contributed by atoms with van der Waals surface area (Å²) in [4.78, 5) is 34.3. The van der Waals surface area contributed by atoms with Crippen LogP contribution in [0.15, 0.2) is 11.8 Å². The fourth-order valence-electron chi connectivity index (χ4n) is 5.02. The van der Waals surface area contributed by atoms with Crippen molar-refractivity contribution in [3.05, 3.63) is 11.8 Å². The Kier molecular flexibility index (Phi) is 10.3. The van der Waals surface area contributed by atoms with Gasteiger partial charge in [-0.05, 0) is 72.1 Å². The molecule has 0 spiro atoms. The van der Waals surface area contributed by atoms with E-state index in [1.807, 2.05) is 37.0 Å². The summed E-state index contributed by atoms with van der Waals surface area (Å²) < 4.78 is 0. The molecule has 1 saturated heterocycles.